The molecule has 0 bridgehead atoms. The van der Waals surface area contributed by atoms with Crippen LogP contribution in [0.1, 0.15) is 56.2 Å². The monoisotopic (exact) mass is 261 g/mol. The topological polar surface area (TPSA) is 21.3 Å². The molecule has 2 rings (SSSR count). The van der Waals surface area contributed by atoms with Gasteiger partial charge in [0, 0.05) is 6.61 Å². The minimum Gasteiger partial charge on any atom is -0.376 e. The minimum atomic E-state index is 0.325. The highest BCUT2D eigenvalue weighted by atomic mass is 16.5. The molecule has 19 heavy (non-hydrogen) atoms. The van der Waals surface area contributed by atoms with Gasteiger partial charge in [0.15, 0.2) is 0 Å². The van der Waals surface area contributed by atoms with Gasteiger partial charge in [-0.2, -0.15) is 0 Å². The van der Waals surface area contributed by atoms with Crippen LogP contribution in [0.25, 0.3) is 0 Å². The van der Waals surface area contributed by atoms with E-state index in [0.29, 0.717) is 12.1 Å². The Kier molecular flexibility index (Phi) is 5.87. The molecular weight excluding hydrogens is 234 g/mol. The molecule has 0 saturated heterocycles. The van der Waals surface area contributed by atoms with Gasteiger partial charge in [0.2, 0.25) is 0 Å². The fourth-order valence-electron chi connectivity index (χ4n) is 3.03. The molecule has 0 amide bonds. The van der Waals surface area contributed by atoms with Gasteiger partial charge in [0.05, 0.1) is 12.1 Å². The van der Waals surface area contributed by atoms with Gasteiger partial charge < -0.3 is 10.1 Å². The summed E-state index contributed by atoms with van der Waals surface area (Å²) in [6, 6.07) is 9.15. The number of ether oxygens (including phenoxy) is 1. The summed E-state index contributed by atoms with van der Waals surface area (Å²) in [6.45, 7) is 3.14. The standard InChI is InChI=1S/C17H27NO/c1-3-4-7-13-19-16-12-8-10-14-9-5-6-11-15(14)17(16)18-2/h5-6,9,11,16-18H,3-4,7-8,10,12-13H2,1-2H3. The van der Waals surface area contributed by atoms with Crippen LogP contribution in [0.5, 0.6) is 0 Å². The van der Waals surface area contributed by atoms with Gasteiger partial charge in [0.1, 0.15) is 0 Å². The van der Waals surface area contributed by atoms with Gasteiger partial charge in [0.25, 0.3) is 0 Å². The summed E-state index contributed by atoms with van der Waals surface area (Å²) >= 11 is 0. The van der Waals surface area contributed by atoms with E-state index in [0.717, 1.165) is 13.0 Å². The zero-order valence-electron chi connectivity index (χ0n) is 12.3. The van der Waals surface area contributed by atoms with Crippen molar-refractivity contribution in [3.05, 3.63) is 35.4 Å². The molecule has 0 spiro atoms. The zero-order chi connectivity index (χ0) is 13.5. The van der Waals surface area contributed by atoms with Gasteiger partial charge in [-0.15, -0.1) is 0 Å². The normalized spacial score (nSPS) is 22.8. The van der Waals surface area contributed by atoms with Crippen molar-refractivity contribution < 1.29 is 4.74 Å². The van der Waals surface area contributed by atoms with Gasteiger partial charge in [-0.05, 0) is 43.9 Å². The second-order valence-electron chi connectivity index (χ2n) is 5.47. The Labute approximate surface area is 117 Å². The Morgan fingerprint density at radius 1 is 1.26 bits per heavy atom. The Morgan fingerprint density at radius 2 is 2.11 bits per heavy atom. The summed E-state index contributed by atoms with van der Waals surface area (Å²) in [6.07, 6.45) is 7.61. The first-order valence-electron chi connectivity index (χ1n) is 7.73. The molecule has 106 valence electrons. The highest BCUT2D eigenvalue weighted by Crippen LogP contribution is 2.30. The second-order valence-corrected chi connectivity index (χ2v) is 5.47. The average molecular weight is 261 g/mol. The van der Waals surface area contributed by atoms with E-state index in [4.69, 9.17) is 4.74 Å². The predicted octanol–water partition coefficient (Wildman–Crippen LogP) is 3.86. The van der Waals surface area contributed by atoms with Crippen molar-refractivity contribution in [3.63, 3.8) is 0 Å². The van der Waals surface area contributed by atoms with Crippen LogP contribution in [-0.4, -0.2) is 19.8 Å². The van der Waals surface area contributed by atoms with Gasteiger partial charge >= 0.3 is 0 Å². The summed E-state index contributed by atoms with van der Waals surface area (Å²) in [5, 5.41) is 3.47. The molecular formula is C17H27NO. The first-order chi connectivity index (χ1) is 9.36. The van der Waals surface area contributed by atoms with Crippen molar-refractivity contribution >= 4 is 0 Å². The molecule has 0 aliphatic heterocycles. The number of hydrogen-bond acceptors (Lipinski definition) is 2. The van der Waals surface area contributed by atoms with E-state index in [-0.39, 0.29) is 0 Å². The van der Waals surface area contributed by atoms with Crippen molar-refractivity contribution in [2.75, 3.05) is 13.7 Å². The summed E-state index contributed by atoms with van der Waals surface area (Å²) in [7, 11) is 2.05. The molecule has 0 radical (unpaired) electrons. The lowest BCUT2D eigenvalue weighted by atomic mass is 9.98. The third-order valence-electron chi connectivity index (χ3n) is 4.09. The molecule has 2 atom stereocenters. The molecule has 1 N–H and O–H groups in total. The highest BCUT2D eigenvalue weighted by Gasteiger charge is 2.26. The third-order valence-corrected chi connectivity index (χ3v) is 4.09. The Hall–Kier alpha value is -0.860. The van der Waals surface area contributed by atoms with Crippen LogP contribution in [0.4, 0.5) is 0 Å². The zero-order valence-corrected chi connectivity index (χ0v) is 12.3. The summed E-state index contributed by atoms with van der Waals surface area (Å²) in [4.78, 5) is 0. The number of likely N-dealkylation sites (N-methyl/N-ethyl adjacent to an activating group) is 1. The average Bonchev–Trinajstić information content (AvgIpc) is 2.62. The number of unbranched alkanes of at least 4 members (excludes halogenated alkanes) is 2. The smallest absolute Gasteiger partial charge is 0.0769 e. The Bertz CT molecular complexity index is 377. The summed E-state index contributed by atoms with van der Waals surface area (Å²) in [5.74, 6) is 0. The maximum atomic E-state index is 6.16. The van der Waals surface area contributed by atoms with Crippen molar-refractivity contribution in [2.45, 2.75) is 57.6 Å². The molecule has 1 aliphatic rings. The van der Waals surface area contributed by atoms with Crippen molar-refractivity contribution in [1.29, 1.82) is 0 Å². The van der Waals surface area contributed by atoms with Gasteiger partial charge in [-0.1, -0.05) is 44.0 Å². The number of aryl methyl sites for hydroxylation is 1. The largest absolute Gasteiger partial charge is 0.376 e. The predicted molar refractivity (Wildman–Crippen MR) is 80.4 cm³/mol. The van der Waals surface area contributed by atoms with Crippen LogP contribution in [0, 0.1) is 0 Å². The molecule has 1 aromatic carbocycles. The van der Waals surface area contributed by atoms with Crippen LogP contribution >= 0.6 is 0 Å². The van der Waals surface area contributed by atoms with E-state index in [2.05, 4.69) is 43.6 Å². The van der Waals surface area contributed by atoms with Crippen LogP contribution < -0.4 is 5.32 Å². The lowest BCUT2D eigenvalue weighted by Crippen LogP contribution is -2.31. The minimum absolute atomic E-state index is 0.325. The number of benzene rings is 1. The maximum absolute atomic E-state index is 6.16. The first-order valence-corrected chi connectivity index (χ1v) is 7.73. The SMILES string of the molecule is CCCCCOC1CCCc2ccccc2C1NC. The fourth-order valence-corrected chi connectivity index (χ4v) is 3.03. The fraction of sp³-hybridized carbons (Fsp3) is 0.647. The van der Waals surface area contributed by atoms with Crippen LogP contribution in [0.15, 0.2) is 24.3 Å². The lowest BCUT2D eigenvalue weighted by Gasteiger charge is -2.26. The number of fused-ring (bicyclic) bond motifs is 1. The molecule has 0 saturated carbocycles. The second kappa shape index (κ2) is 7.66. The number of nitrogens with one attached hydrogen (secondary N) is 1. The molecule has 2 nitrogen and oxygen atoms in total. The molecule has 1 aliphatic carbocycles. The Balaban J connectivity index is 2.03. The van der Waals surface area contributed by atoms with E-state index < -0.39 is 0 Å². The van der Waals surface area contributed by atoms with E-state index in [1.807, 2.05) is 0 Å². The van der Waals surface area contributed by atoms with Crippen LogP contribution in [0.2, 0.25) is 0 Å². The number of rotatable bonds is 6. The maximum Gasteiger partial charge on any atom is 0.0769 e. The van der Waals surface area contributed by atoms with Gasteiger partial charge in [-0.25, -0.2) is 0 Å². The van der Waals surface area contributed by atoms with E-state index in [1.165, 1.54) is 43.2 Å². The summed E-state index contributed by atoms with van der Waals surface area (Å²) in [5.41, 5.74) is 2.92. The molecule has 0 aromatic heterocycles. The lowest BCUT2D eigenvalue weighted by molar-refractivity contribution is 0.0207. The quantitative estimate of drug-likeness (QED) is 0.620. The van der Waals surface area contributed by atoms with Crippen molar-refractivity contribution in [1.82, 2.24) is 5.32 Å². The highest BCUT2D eigenvalue weighted by molar-refractivity contribution is 5.32. The van der Waals surface area contributed by atoms with Crippen molar-refractivity contribution in [3.8, 4) is 0 Å². The molecule has 2 heteroatoms. The molecule has 0 heterocycles. The van der Waals surface area contributed by atoms with Gasteiger partial charge in [-0.3, -0.25) is 0 Å². The molecule has 1 aromatic rings. The Morgan fingerprint density at radius 3 is 2.89 bits per heavy atom. The van der Waals surface area contributed by atoms with Crippen molar-refractivity contribution in [2.24, 2.45) is 0 Å². The molecule has 0 fully saturated rings. The van der Waals surface area contributed by atoms with E-state index >= 15 is 0 Å². The molecule has 2 unspecified atom stereocenters. The van der Waals surface area contributed by atoms with E-state index in [9.17, 15) is 0 Å². The number of hydrogen-bond donors (Lipinski definition) is 1. The van der Waals surface area contributed by atoms with Crippen LogP contribution in [0.3, 0.4) is 0 Å². The first kappa shape index (κ1) is 14.5. The van der Waals surface area contributed by atoms with Crippen LogP contribution in [-0.2, 0) is 11.2 Å². The van der Waals surface area contributed by atoms with E-state index in [1.54, 1.807) is 0 Å². The third kappa shape index (κ3) is 3.80. The summed E-state index contributed by atoms with van der Waals surface area (Å²) < 4.78 is 6.16.